The number of halogens is 1. The van der Waals surface area contributed by atoms with Gasteiger partial charge in [0.15, 0.2) is 5.96 Å². The standard InChI is InChI=1S/C20H28N4O.HI/c1-21-20(22-14-13-17-7-5-6-8-19(17)25-4)23-15-16-9-11-18(12-10-16)24(2)3;/h5-12H,13-15H2,1-4H3,(H2,21,22,23);1H. The van der Waals surface area contributed by atoms with Gasteiger partial charge in [-0.2, -0.15) is 0 Å². The number of nitrogens with one attached hydrogen (secondary N) is 2. The van der Waals surface area contributed by atoms with Crippen molar-refractivity contribution in [2.24, 2.45) is 4.99 Å². The molecule has 2 aromatic carbocycles. The molecular weight excluding hydrogens is 439 g/mol. The predicted octanol–water partition coefficient (Wildman–Crippen LogP) is 3.29. The van der Waals surface area contributed by atoms with Gasteiger partial charge in [-0.05, 0) is 35.7 Å². The average molecular weight is 468 g/mol. The Morgan fingerprint density at radius 3 is 2.35 bits per heavy atom. The van der Waals surface area contributed by atoms with Crippen molar-refractivity contribution < 1.29 is 4.74 Å². The molecule has 142 valence electrons. The monoisotopic (exact) mass is 468 g/mol. The summed E-state index contributed by atoms with van der Waals surface area (Å²) in [4.78, 5) is 6.37. The third kappa shape index (κ3) is 6.74. The van der Waals surface area contributed by atoms with Crippen LogP contribution in [0.1, 0.15) is 11.1 Å². The molecule has 0 amide bonds. The van der Waals surface area contributed by atoms with Crippen molar-refractivity contribution in [1.29, 1.82) is 0 Å². The number of benzene rings is 2. The summed E-state index contributed by atoms with van der Waals surface area (Å²) >= 11 is 0. The van der Waals surface area contributed by atoms with E-state index in [1.165, 1.54) is 16.8 Å². The number of ether oxygens (including phenoxy) is 1. The number of hydrogen-bond acceptors (Lipinski definition) is 3. The summed E-state index contributed by atoms with van der Waals surface area (Å²) in [6.45, 7) is 1.53. The first-order valence-electron chi connectivity index (χ1n) is 8.46. The van der Waals surface area contributed by atoms with E-state index in [0.29, 0.717) is 0 Å². The highest BCUT2D eigenvalue weighted by molar-refractivity contribution is 14.0. The Balaban J connectivity index is 0.00000338. The van der Waals surface area contributed by atoms with Crippen LogP contribution in [-0.4, -0.2) is 40.8 Å². The Labute approximate surface area is 173 Å². The van der Waals surface area contributed by atoms with Crippen LogP contribution >= 0.6 is 24.0 Å². The van der Waals surface area contributed by atoms with Crippen molar-refractivity contribution in [3.05, 3.63) is 59.7 Å². The van der Waals surface area contributed by atoms with Crippen molar-refractivity contribution in [3.8, 4) is 5.75 Å². The molecule has 0 saturated carbocycles. The molecule has 0 spiro atoms. The lowest BCUT2D eigenvalue weighted by molar-refractivity contribution is 0.409. The van der Waals surface area contributed by atoms with Gasteiger partial charge >= 0.3 is 0 Å². The number of methoxy groups -OCH3 is 1. The maximum absolute atomic E-state index is 5.38. The maximum Gasteiger partial charge on any atom is 0.191 e. The number of guanidine groups is 1. The van der Waals surface area contributed by atoms with Gasteiger partial charge in [0.1, 0.15) is 5.75 Å². The van der Waals surface area contributed by atoms with Crippen molar-refractivity contribution in [3.63, 3.8) is 0 Å². The van der Waals surface area contributed by atoms with Crippen LogP contribution < -0.4 is 20.3 Å². The summed E-state index contributed by atoms with van der Waals surface area (Å²) in [5.41, 5.74) is 3.61. The molecule has 5 nitrogen and oxygen atoms in total. The van der Waals surface area contributed by atoms with Crippen molar-refractivity contribution >= 4 is 35.6 Å². The first-order valence-corrected chi connectivity index (χ1v) is 8.46. The first kappa shape index (κ1) is 22.1. The summed E-state index contributed by atoms with van der Waals surface area (Å²) in [5, 5.41) is 6.69. The molecule has 2 rings (SSSR count). The van der Waals surface area contributed by atoms with E-state index < -0.39 is 0 Å². The van der Waals surface area contributed by atoms with E-state index in [4.69, 9.17) is 4.74 Å². The number of hydrogen-bond donors (Lipinski definition) is 2. The van der Waals surface area contributed by atoms with Gasteiger partial charge in [-0.25, -0.2) is 0 Å². The van der Waals surface area contributed by atoms with E-state index in [1.54, 1.807) is 14.2 Å². The molecule has 0 saturated heterocycles. The van der Waals surface area contributed by atoms with Crippen LogP contribution in [-0.2, 0) is 13.0 Å². The van der Waals surface area contributed by atoms with Crippen molar-refractivity contribution in [1.82, 2.24) is 10.6 Å². The fourth-order valence-electron chi connectivity index (χ4n) is 2.54. The Kier molecular flexibility index (Phi) is 9.87. The largest absolute Gasteiger partial charge is 0.496 e. The summed E-state index contributed by atoms with van der Waals surface area (Å²) in [6, 6.07) is 16.6. The van der Waals surface area contributed by atoms with Gasteiger partial charge < -0.3 is 20.3 Å². The first-order chi connectivity index (χ1) is 12.1. The molecular formula is C20H29IN4O. The molecule has 0 unspecified atom stereocenters. The highest BCUT2D eigenvalue weighted by Crippen LogP contribution is 2.17. The fraction of sp³-hybridized carbons (Fsp3) is 0.350. The van der Waals surface area contributed by atoms with Gasteiger partial charge in [-0.3, -0.25) is 4.99 Å². The summed E-state index contributed by atoms with van der Waals surface area (Å²) < 4.78 is 5.38. The van der Waals surface area contributed by atoms with Crippen LogP contribution in [0, 0.1) is 0 Å². The molecule has 2 aromatic rings. The van der Waals surface area contributed by atoms with Gasteiger partial charge in [-0.1, -0.05) is 30.3 Å². The van der Waals surface area contributed by atoms with Crippen LogP contribution in [0.5, 0.6) is 5.75 Å². The normalized spacial score (nSPS) is 10.7. The minimum atomic E-state index is 0. The molecule has 0 aliphatic rings. The second kappa shape index (κ2) is 11.6. The van der Waals surface area contributed by atoms with Gasteiger partial charge in [0.25, 0.3) is 0 Å². The highest BCUT2D eigenvalue weighted by Gasteiger charge is 2.03. The molecule has 0 radical (unpaired) electrons. The van der Waals surface area contributed by atoms with Gasteiger partial charge in [-0.15, -0.1) is 24.0 Å². The van der Waals surface area contributed by atoms with Crippen molar-refractivity contribution in [2.75, 3.05) is 39.7 Å². The Hall–Kier alpha value is -1.96. The molecule has 0 fully saturated rings. The molecule has 6 heteroatoms. The van der Waals surface area contributed by atoms with Crippen LogP contribution in [0.2, 0.25) is 0 Å². The summed E-state index contributed by atoms with van der Waals surface area (Å²) in [5.74, 6) is 1.72. The van der Waals surface area contributed by atoms with E-state index >= 15 is 0 Å². The minimum absolute atomic E-state index is 0. The second-order valence-corrected chi connectivity index (χ2v) is 5.98. The zero-order valence-electron chi connectivity index (χ0n) is 16.0. The number of rotatable bonds is 7. The van der Waals surface area contributed by atoms with E-state index in [-0.39, 0.29) is 24.0 Å². The molecule has 0 bridgehead atoms. The Morgan fingerprint density at radius 2 is 1.73 bits per heavy atom. The maximum atomic E-state index is 5.38. The van der Waals surface area contributed by atoms with Crippen LogP contribution in [0.15, 0.2) is 53.5 Å². The van der Waals surface area contributed by atoms with E-state index in [2.05, 4.69) is 50.9 Å². The van der Waals surface area contributed by atoms with Crippen LogP contribution in [0.4, 0.5) is 5.69 Å². The van der Waals surface area contributed by atoms with Crippen LogP contribution in [0.3, 0.4) is 0 Å². The average Bonchev–Trinajstić information content (AvgIpc) is 2.65. The SMILES string of the molecule is CN=C(NCCc1ccccc1OC)NCc1ccc(N(C)C)cc1.I. The lowest BCUT2D eigenvalue weighted by atomic mass is 10.1. The number of nitrogens with zero attached hydrogens (tertiary/aromatic N) is 2. The Morgan fingerprint density at radius 1 is 1.04 bits per heavy atom. The van der Waals surface area contributed by atoms with Crippen molar-refractivity contribution in [2.45, 2.75) is 13.0 Å². The third-order valence-electron chi connectivity index (χ3n) is 4.02. The number of aliphatic imine (C=N–C) groups is 1. The molecule has 0 aliphatic heterocycles. The Bertz CT molecular complexity index is 686. The zero-order chi connectivity index (χ0) is 18.1. The smallest absolute Gasteiger partial charge is 0.191 e. The molecule has 0 atom stereocenters. The van der Waals surface area contributed by atoms with E-state index in [0.717, 1.165) is 31.2 Å². The minimum Gasteiger partial charge on any atom is -0.496 e. The predicted molar refractivity (Wildman–Crippen MR) is 121 cm³/mol. The fourth-order valence-corrected chi connectivity index (χ4v) is 2.54. The molecule has 0 aromatic heterocycles. The van der Waals surface area contributed by atoms with Gasteiger partial charge in [0.2, 0.25) is 0 Å². The lowest BCUT2D eigenvalue weighted by Crippen LogP contribution is -2.37. The van der Waals surface area contributed by atoms with E-state index in [1.807, 2.05) is 32.3 Å². The van der Waals surface area contributed by atoms with Gasteiger partial charge in [0, 0.05) is 39.9 Å². The molecule has 0 aliphatic carbocycles. The summed E-state index contributed by atoms with van der Waals surface area (Å²) in [7, 11) is 7.57. The molecule has 2 N–H and O–H groups in total. The lowest BCUT2D eigenvalue weighted by Gasteiger charge is -2.15. The third-order valence-corrected chi connectivity index (χ3v) is 4.02. The van der Waals surface area contributed by atoms with Gasteiger partial charge in [0.05, 0.1) is 7.11 Å². The van der Waals surface area contributed by atoms with Crippen LogP contribution in [0.25, 0.3) is 0 Å². The molecule has 26 heavy (non-hydrogen) atoms. The second-order valence-electron chi connectivity index (χ2n) is 5.98. The number of para-hydroxylation sites is 1. The molecule has 0 heterocycles. The van der Waals surface area contributed by atoms with E-state index in [9.17, 15) is 0 Å². The number of anilines is 1. The quantitative estimate of drug-likeness (QED) is 0.372. The topological polar surface area (TPSA) is 48.9 Å². The highest BCUT2D eigenvalue weighted by atomic mass is 127. The summed E-state index contributed by atoms with van der Waals surface area (Å²) in [6.07, 6.45) is 0.877. The zero-order valence-corrected chi connectivity index (χ0v) is 18.3.